The number of amides is 2. The Bertz CT molecular complexity index is 786. The molecule has 0 aliphatic carbocycles. The number of urea groups is 1. The van der Waals surface area contributed by atoms with Crippen molar-refractivity contribution in [3.05, 3.63) is 59.2 Å². The lowest BCUT2D eigenvalue weighted by Gasteiger charge is -2.30. The van der Waals surface area contributed by atoms with E-state index in [1.54, 1.807) is 29.2 Å². The van der Waals surface area contributed by atoms with E-state index in [0.29, 0.717) is 17.8 Å². The van der Waals surface area contributed by atoms with E-state index in [1.807, 2.05) is 12.1 Å². The van der Waals surface area contributed by atoms with E-state index in [1.165, 1.54) is 18.2 Å². The van der Waals surface area contributed by atoms with Crippen molar-refractivity contribution in [2.75, 3.05) is 23.9 Å². The minimum absolute atomic E-state index is 0.193. The van der Waals surface area contributed by atoms with Gasteiger partial charge >= 0.3 is 12.0 Å². The zero-order chi connectivity index (χ0) is 17.1. The summed E-state index contributed by atoms with van der Waals surface area (Å²) in [5.74, 6) is -0.426. The fourth-order valence-electron chi connectivity index (χ4n) is 2.97. The number of fused-ring (bicyclic) bond motifs is 1. The number of rotatable bonds is 2. The SMILES string of the molecule is COC(=O)c1cccc(NC(=O)N2CCCc3cc(C)ccc32)c1. The van der Waals surface area contributed by atoms with Gasteiger partial charge in [0, 0.05) is 17.9 Å². The average Bonchev–Trinajstić information content (AvgIpc) is 2.60. The number of hydrogen-bond donors (Lipinski definition) is 1. The van der Waals surface area contributed by atoms with Crippen molar-refractivity contribution in [1.82, 2.24) is 0 Å². The number of nitrogens with one attached hydrogen (secondary N) is 1. The number of anilines is 2. The van der Waals surface area contributed by atoms with Crippen LogP contribution in [0.25, 0.3) is 0 Å². The quantitative estimate of drug-likeness (QED) is 0.856. The third-order valence-electron chi connectivity index (χ3n) is 4.13. The lowest BCUT2D eigenvalue weighted by molar-refractivity contribution is 0.0600. The molecule has 124 valence electrons. The Morgan fingerprint density at radius 3 is 2.79 bits per heavy atom. The number of aryl methyl sites for hydroxylation is 2. The van der Waals surface area contributed by atoms with E-state index in [4.69, 9.17) is 4.74 Å². The van der Waals surface area contributed by atoms with Gasteiger partial charge in [-0.25, -0.2) is 9.59 Å². The van der Waals surface area contributed by atoms with Crippen LogP contribution in [0.3, 0.4) is 0 Å². The summed E-state index contributed by atoms with van der Waals surface area (Å²) in [6.07, 6.45) is 1.92. The zero-order valence-electron chi connectivity index (χ0n) is 13.8. The van der Waals surface area contributed by atoms with E-state index < -0.39 is 5.97 Å². The standard InChI is InChI=1S/C19H20N2O3/c1-13-8-9-17-14(11-13)6-4-10-21(17)19(23)20-16-7-3-5-15(12-16)18(22)24-2/h3,5,7-9,11-12H,4,6,10H2,1-2H3,(H,20,23). The van der Waals surface area contributed by atoms with Crippen LogP contribution >= 0.6 is 0 Å². The Balaban J connectivity index is 1.80. The molecule has 0 spiro atoms. The highest BCUT2D eigenvalue weighted by molar-refractivity contribution is 6.03. The van der Waals surface area contributed by atoms with E-state index in [9.17, 15) is 9.59 Å². The number of methoxy groups -OCH3 is 1. The molecule has 0 fully saturated rings. The van der Waals surface area contributed by atoms with Gasteiger partial charge in [0.05, 0.1) is 12.7 Å². The molecule has 5 nitrogen and oxygen atoms in total. The molecule has 1 heterocycles. The van der Waals surface area contributed by atoms with Crippen LogP contribution in [0.2, 0.25) is 0 Å². The number of hydrogen-bond acceptors (Lipinski definition) is 3. The second-order valence-electron chi connectivity index (χ2n) is 5.89. The molecule has 24 heavy (non-hydrogen) atoms. The van der Waals surface area contributed by atoms with Gasteiger partial charge in [0.2, 0.25) is 0 Å². The van der Waals surface area contributed by atoms with Crippen LogP contribution in [0.5, 0.6) is 0 Å². The number of esters is 1. The lowest BCUT2D eigenvalue weighted by Crippen LogP contribution is -2.38. The summed E-state index contributed by atoms with van der Waals surface area (Å²) in [7, 11) is 1.33. The number of carbonyl (C=O) groups excluding carboxylic acids is 2. The Hall–Kier alpha value is -2.82. The van der Waals surface area contributed by atoms with Gasteiger partial charge in [0.1, 0.15) is 0 Å². The van der Waals surface area contributed by atoms with Gasteiger partial charge in [-0.05, 0) is 49.6 Å². The Morgan fingerprint density at radius 2 is 2.00 bits per heavy atom. The summed E-state index contributed by atoms with van der Waals surface area (Å²) in [6.45, 7) is 2.73. The normalized spacial score (nSPS) is 13.2. The molecule has 0 saturated carbocycles. The van der Waals surface area contributed by atoms with Crippen LogP contribution in [0.15, 0.2) is 42.5 Å². The second-order valence-corrected chi connectivity index (χ2v) is 5.89. The Morgan fingerprint density at radius 1 is 1.17 bits per heavy atom. The summed E-state index contributed by atoms with van der Waals surface area (Å²) >= 11 is 0. The van der Waals surface area contributed by atoms with Gasteiger partial charge in [0.15, 0.2) is 0 Å². The van der Waals surface area contributed by atoms with Crippen molar-refractivity contribution in [2.45, 2.75) is 19.8 Å². The predicted octanol–water partition coefficient (Wildman–Crippen LogP) is 3.77. The van der Waals surface area contributed by atoms with Gasteiger partial charge in [-0.3, -0.25) is 4.90 Å². The van der Waals surface area contributed by atoms with Crippen LogP contribution in [-0.2, 0) is 11.2 Å². The van der Waals surface area contributed by atoms with Gasteiger partial charge in [-0.1, -0.05) is 23.8 Å². The summed E-state index contributed by atoms with van der Waals surface area (Å²) in [4.78, 5) is 26.0. The lowest BCUT2D eigenvalue weighted by atomic mass is 10.00. The second kappa shape index (κ2) is 6.74. The Labute approximate surface area is 141 Å². The first kappa shape index (κ1) is 16.1. The van der Waals surface area contributed by atoms with Gasteiger partial charge in [-0.15, -0.1) is 0 Å². The first-order valence-corrected chi connectivity index (χ1v) is 7.95. The van der Waals surface area contributed by atoms with Crippen LogP contribution in [0.4, 0.5) is 16.2 Å². The number of ether oxygens (including phenoxy) is 1. The van der Waals surface area contributed by atoms with Crippen molar-refractivity contribution in [3.63, 3.8) is 0 Å². The van der Waals surface area contributed by atoms with Crippen LogP contribution in [0.1, 0.15) is 27.9 Å². The first-order valence-electron chi connectivity index (χ1n) is 7.95. The molecule has 0 aromatic heterocycles. The molecule has 0 saturated heterocycles. The summed E-state index contributed by atoms with van der Waals surface area (Å²) in [5.41, 5.74) is 4.32. The largest absolute Gasteiger partial charge is 0.465 e. The highest BCUT2D eigenvalue weighted by Gasteiger charge is 2.22. The van der Waals surface area contributed by atoms with Crippen molar-refractivity contribution in [3.8, 4) is 0 Å². The minimum Gasteiger partial charge on any atom is -0.465 e. The zero-order valence-corrected chi connectivity index (χ0v) is 13.8. The van der Waals surface area contributed by atoms with Gasteiger partial charge in [-0.2, -0.15) is 0 Å². The molecular formula is C19H20N2O3. The third kappa shape index (κ3) is 3.25. The third-order valence-corrected chi connectivity index (χ3v) is 4.13. The monoisotopic (exact) mass is 324 g/mol. The van der Waals surface area contributed by atoms with Gasteiger partial charge < -0.3 is 10.1 Å². The molecule has 5 heteroatoms. The Kier molecular flexibility index (Phi) is 4.51. The molecular weight excluding hydrogens is 304 g/mol. The fourth-order valence-corrected chi connectivity index (χ4v) is 2.97. The summed E-state index contributed by atoms with van der Waals surface area (Å²) in [6, 6.07) is 12.7. The molecule has 0 atom stereocenters. The molecule has 0 unspecified atom stereocenters. The average molecular weight is 324 g/mol. The molecule has 2 aromatic rings. The van der Waals surface area contributed by atoms with E-state index in [0.717, 1.165) is 18.5 Å². The van der Waals surface area contributed by atoms with Crippen LogP contribution < -0.4 is 10.2 Å². The maximum absolute atomic E-state index is 12.7. The molecule has 3 rings (SSSR count). The van der Waals surface area contributed by atoms with Crippen molar-refractivity contribution in [2.24, 2.45) is 0 Å². The highest BCUT2D eigenvalue weighted by atomic mass is 16.5. The minimum atomic E-state index is -0.426. The molecule has 2 amide bonds. The highest BCUT2D eigenvalue weighted by Crippen LogP contribution is 2.28. The maximum atomic E-state index is 12.7. The number of carbonyl (C=O) groups is 2. The predicted molar refractivity (Wildman–Crippen MR) is 93.6 cm³/mol. The van der Waals surface area contributed by atoms with Crippen LogP contribution in [0, 0.1) is 6.92 Å². The topological polar surface area (TPSA) is 58.6 Å². The van der Waals surface area contributed by atoms with E-state index in [2.05, 4.69) is 18.3 Å². The summed E-state index contributed by atoms with van der Waals surface area (Å²) < 4.78 is 4.71. The van der Waals surface area contributed by atoms with Crippen molar-refractivity contribution >= 4 is 23.4 Å². The molecule has 0 bridgehead atoms. The first-order chi connectivity index (χ1) is 11.6. The smallest absolute Gasteiger partial charge is 0.337 e. The molecule has 0 radical (unpaired) electrons. The van der Waals surface area contributed by atoms with Crippen molar-refractivity contribution in [1.29, 1.82) is 0 Å². The molecule has 2 aromatic carbocycles. The number of benzene rings is 2. The number of nitrogens with zero attached hydrogens (tertiary/aromatic N) is 1. The van der Waals surface area contributed by atoms with Crippen LogP contribution in [-0.4, -0.2) is 25.7 Å². The molecule has 1 aliphatic heterocycles. The van der Waals surface area contributed by atoms with E-state index >= 15 is 0 Å². The van der Waals surface area contributed by atoms with E-state index in [-0.39, 0.29) is 6.03 Å². The summed E-state index contributed by atoms with van der Waals surface area (Å²) in [5, 5.41) is 2.87. The fraction of sp³-hybridized carbons (Fsp3) is 0.263. The molecule has 1 N–H and O–H groups in total. The van der Waals surface area contributed by atoms with Crippen molar-refractivity contribution < 1.29 is 14.3 Å². The van der Waals surface area contributed by atoms with Gasteiger partial charge in [0.25, 0.3) is 0 Å². The molecule has 1 aliphatic rings. The maximum Gasteiger partial charge on any atom is 0.337 e.